The van der Waals surface area contributed by atoms with Gasteiger partial charge in [0.15, 0.2) is 6.10 Å². The maximum absolute atomic E-state index is 12.3. The standard InChI is InChI=1S/C38H61O8P/c1-3-5-7-9-11-13-15-17-19-21-23-25-27-29-31-33-38(40)46-36(35-45-47(41,42)43)34-44-37(39)32-30-28-26-24-22-20-18-16-14-12-10-8-6-4-2/h5,7,10-13,16-19,23,25,29,31,36H,3-4,6,8-9,14-15,20-22,24,26-28,30,32-35H2,1-2H3,(H2,41,42,43)/b7-5-,12-10-,13-11-,18-16-,19-17-,25-23-,31-29-. The highest BCUT2D eigenvalue weighted by Crippen LogP contribution is 2.35. The van der Waals surface area contributed by atoms with E-state index in [0.717, 1.165) is 70.6 Å². The van der Waals surface area contributed by atoms with Crippen molar-refractivity contribution in [2.45, 2.75) is 129 Å². The Bertz CT molecular complexity index is 1030. The molecule has 0 saturated carbocycles. The van der Waals surface area contributed by atoms with Crippen LogP contribution in [0.15, 0.2) is 85.1 Å². The smallest absolute Gasteiger partial charge is 0.462 e. The third-order valence-corrected chi connectivity index (χ3v) is 7.17. The van der Waals surface area contributed by atoms with E-state index < -0.39 is 32.5 Å². The molecule has 0 aliphatic carbocycles. The van der Waals surface area contributed by atoms with Crippen LogP contribution in [0.4, 0.5) is 0 Å². The van der Waals surface area contributed by atoms with Crippen LogP contribution < -0.4 is 0 Å². The molecular weight excluding hydrogens is 615 g/mol. The Morgan fingerprint density at radius 2 is 1.09 bits per heavy atom. The second-order valence-corrected chi connectivity index (χ2v) is 12.4. The number of hydrogen-bond donors (Lipinski definition) is 2. The fraction of sp³-hybridized carbons (Fsp3) is 0.579. The molecule has 1 unspecified atom stereocenters. The summed E-state index contributed by atoms with van der Waals surface area (Å²) in [7, 11) is -4.78. The fourth-order valence-corrected chi connectivity index (χ4v) is 4.47. The molecule has 0 spiro atoms. The number of carbonyl (C=O) groups is 2. The molecule has 0 aliphatic rings. The van der Waals surface area contributed by atoms with Gasteiger partial charge in [0, 0.05) is 6.42 Å². The number of unbranched alkanes of at least 4 members (excludes halogenated alkanes) is 7. The van der Waals surface area contributed by atoms with E-state index in [9.17, 15) is 14.2 Å². The first-order valence-electron chi connectivity index (χ1n) is 17.4. The van der Waals surface area contributed by atoms with Crippen molar-refractivity contribution in [2.75, 3.05) is 13.2 Å². The van der Waals surface area contributed by atoms with Gasteiger partial charge in [-0.25, -0.2) is 4.57 Å². The first-order valence-corrected chi connectivity index (χ1v) is 18.9. The average Bonchev–Trinajstić information content (AvgIpc) is 3.03. The summed E-state index contributed by atoms with van der Waals surface area (Å²) >= 11 is 0. The number of phosphoric acid groups is 1. The van der Waals surface area contributed by atoms with E-state index in [1.165, 1.54) is 12.8 Å². The molecule has 0 aliphatic heterocycles. The van der Waals surface area contributed by atoms with Crippen LogP contribution in [0.3, 0.4) is 0 Å². The molecule has 9 heteroatoms. The Morgan fingerprint density at radius 3 is 1.64 bits per heavy atom. The third kappa shape index (κ3) is 35.9. The van der Waals surface area contributed by atoms with E-state index in [4.69, 9.17) is 19.3 Å². The van der Waals surface area contributed by atoms with Crippen LogP contribution in [0.1, 0.15) is 123 Å². The van der Waals surface area contributed by atoms with Gasteiger partial charge in [-0.15, -0.1) is 0 Å². The maximum Gasteiger partial charge on any atom is 0.469 e. The zero-order valence-electron chi connectivity index (χ0n) is 28.9. The molecule has 0 aromatic rings. The number of rotatable bonds is 30. The van der Waals surface area contributed by atoms with Crippen molar-refractivity contribution in [2.24, 2.45) is 0 Å². The highest BCUT2D eigenvalue weighted by molar-refractivity contribution is 7.46. The first-order chi connectivity index (χ1) is 22.8. The molecule has 1 atom stereocenters. The van der Waals surface area contributed by atoms with Gasteiger partial charge in [0.05, 0.1) is 13.0 Å². The molecule has 0 bridgehead atoms. The summed E-state index contributed by atoms with van der Waals surface area (Å²) in [6.45, 7) is 3.40. The van der Waals surface area contributed by atoms with Crippen LogP contribution >= 0.6 is 7.82 Å². The van der Waals surface area contributed by atoms with Crippen molar-refractivity contribution >= 4 is 19.8 Å². The van der Waals surface area contributed by atoms with E-state index in [1.54, 1.807) is 6.08 Å². The Balaban J connectivity index is 4.20. The molecule has 0 aromatic heterocycles. The van der Waals surface area contributed by atoms with Crippen LogP contribution in [0.5, 0.6) is 0 Å². The average molecular weight is 677 g/mol. The number of carbonyl (C=O) groups excluding carboxylic acids is 2. The minimum absolute atomic E-state index is 0.0280. The van der Waals surface area contributed by atoms with Gasteiger partial charge in [0.1, 0.15) is 6.61 Å². The number of phosphoric ester groups is 1. The van der Waals surface area contributed by atoms with Crippen LogP contribution in [0, 0.1) is 0 Å². The second-order valence-electron chi connectivity index (χ2n) is 11.1. The Hall–Kier alpha value is -2.77. The molecule has 0 aromatic carbocycles. The second kappa shape index (κ2) is 33.1. The van der Waals surface area contributed by atoms with Crippen LogP contribution in [0.2, 0.25) is 0 Å². The van der Waals surface area contributed by atoms with Crippen molar-refractivity contribution in [1.29, 1.82) is 0 Å². The summed E-state index contributed by atoms with van der Waals surface area (Å²) in [4.78, 5) is 42.5. The topological polar surface area (TPSA) is 119 Å². The van der Waals surface area contributed by atoms with Crippen molar-refractivity contribution in [3.63, 3.8) is 0 Å². The zero-order valence-corrected chi connectivity index (χ0v) is 29.8. The minimum Gasteiger partial charge on any atom is -0.462 e. The predicted octanol–water partition coefficient (Wildman–Crippen LogP) is 10.1. The maximum atomic E-state index is 12.3. The highest BCUT2D eigenvalue weighted by Gasteiger charge is 2.22. The van der Waals surface area contributed by atoms with E-state index in [-0.39, 0.29) is 19.4 Å². The monoisotopic (exact) mass is 676 g/mol. The molecule has 8 nitrogen and oxygen atoms in total. The molecule has 0 fully saturated rings. The lowest BCUT2D eigenvalue weighted by molar-refractivity contribution is -0.160. The van der Waals surface area contributed by atoms with E-state index >= 15 is 0 Å². The summed E-state index contributed by atoms with van der Waals surface area (Å²) in [5.41, 5.74) is 0. The molecule has 0 saturated heterocycles. The normalized spacial score (nSPS) is 13.5. The zero-order chi connectivity index (χ0) is 34.7. The van der Waals surface area contributed by atoms with Gasteiger partial charge in [-0.3, -0.25) is 14.1 Å². The van der Waals surface area contributed by atoms with Crippen LogP contribution in [-0.4, -0.2) is 41.0 Å². The SMILES string of the molecule is CC/C=C\C/C=C\C/C=C\C/C=C\C/C=C\CC(=O)OC(COC(=O)CCCCCCC/C=C\C/C=C\CCCC)COP(=O)(O)O. The van der Waals surface area contributed by atoms with Crippen LogP contribution in [-0.2, 0) is 28.2 Å². The molecule has 0 radical (unpaired) electrons. The Morgan fingerprint density at radius 1 is 0.596 bits per heavy atom. The molecular formula is C38H61O8P. The molecule has 47 heavy (non-hydrogen) atoms. The molecule has 0 heterocycles. The van der Waals surface area contributed by atoms with Crippen LogP contribution in [0.25, 0.3) is 0 Å². The van der Waals surface area contributed by atoms with Gasteiger partial charge in [0.2, 0.25) is 0 Å². The largest absolute Gasteiger partial charge is 0.469 e. The van der Waals surface area contributed by atoms with E-state index in [2.05, 4.69) is 79.1 Å². The third-order valence-electron chi connectivity index (χ3n) is 6.68. The number of ether oxygens (including phenoxy) is 2. The van der Waals surface area contributed by atoms with Crippen molar-refractivity contribution < 1.29 is 37.9 Å². The summed E-state index contributed by atoms with van der Waals surface area (Å²) in [6, 6.07) is 0. The van der Waals surface area contributed by atoms with Crippen molar-refractivity contribution in [3.05, 3.63) is 85.1 Å². The Kier molecular flexibility index (Phi) is 31.2. The fourth-order valence-electron chi connectivity index (χ4n) is 4.11. The Labute approximate surface area is 284 Å². The first kappa shape index (κ1) is 44.2. The molecule has 2 N–H and O–H groups in total. The summed E-state index contributed by atoms with van der Waals surface area (Å²) in [6.07, 6.45) is 43.3. The molecule has 0 rings (SSSR count). The number of allylic oxidation sites excluding steroid dienone is 13. The van der Waals surface area contributed by atoms with Gasteiger partial charge in [-0.1, -0.05) is 131 Å². The van der Waals surface area contributed by atoms with Gasteiger partial charge in [-0.2, -0.15) is 0 Å². The predicted molar refractivity (Wildman–Crippen MR) is 193 cm³/mol. The minimum atomic E-state index is -4.78. The van der Waals surface area contributed by atoms with E-state index in [0.29, 0.717) is 12.8 Å². The van der Waals surface area contributed by atoms with Gasteiger partial charge in [0.25, 0.3) is 0 Å². The van der Waals surface area contributed by atoms with Gasteiger partial charge >= 0.3 is 19.8 Å². The number of hydrogen-bond acceptors (Lipinski definition) is 6. The lowest BCUT2D eigenvalue weighted by Gasteiger charge is -2.18. The summed E-state index contributed by atoms with van der Waals surface area (Å²) < 4.78 is 26.1. The van der Waals surface area contributed by atoms with Crippen molar-refractivity contribution in [1.82, 2.24) is 0 Å². The lowest BCUT2D eigenvalue weighted by atomic mass is 10.1. The number of esters is 2. The molecule has 0 amide bonds. The van der Waals surface area contributed by atoms with Crippen molar-refractivity contribution in [3.8, 4) is 0 Å². The lowest BCUT2D eigenvalue weighted by Crippen LogP contribution is -2.29. The highest BCUT2D eigenvalue weighted by atomic mass is 31.2. The quantitative estimate of drug-likeness (QED) is 0.0334. The summed E-state index contributed by atoms with van der Waals surface area (Å²) in [5, 5.41) is 0. The van der Waals surface area contributed by atoms with Gasteiger partial charge in [-0.05, 0) is 64.2 Å². The summed E-state index contributed by atoms with van der Waals surface area (Å²) in [5.74, 6) is -1.06. The van der Waals surface area contributed by atoms with E-state index in [1.807, 2.05) is 18.2 Å². The molecule has 266 valence electrons. The van der Waals surface area contributed by atoms with Gasteiger partial charge < -0.3 is 19.3 Å².